The summed E-state index contributed by atoms with van der Waals surface area (Å²) in [7, 11) is 0. The molecule has 0 saturated carbocycles. The van der Waals surface area contributed by atoms with E-state index in [9.17, 15) is 14.4 Å². The molecule has 0 aliphatic rings. The molecule has 0 unspecified atom stereocenters. The Kier molecular flexibility index (Phi) is 14.2. The average molecular weight is 599 g/mol. The van der Waals surface area contributed by atoms with Crippen molar-refractivity contribution in [1.29, 1.82) is 0 Å². The van der Waals surface area contributed by atoms with Crippen molar-refractivity contribution in [2.75, 3.05) is 33.0 Å². The molecule has 0 aliphatic heterocycles. The van der Waals surface area contributed by atoms with E-state index in [1.807, 2.05) is 72.8 Å². The number of unbranched alkanes of at least 4 members (excludes halogenated alkanes) is 2. The van der Waals surface area contributed by atoms with E-state index in [-0.39, 0.29) is 18.0 Å². The van der Waals surface area contributed by atoms with E-state index in [0.717, 1.165) is 34.9 Å². The lowest BCUT2D eigenvalue weighted by molar-refractivity contribution is -0.140. The molecule has 1 N–H and O–H groups in total. The minimum absolute atomic E-state index is 0.0381. The van der Waals surface area contributed by atoms with Gasteiger partial charge in [0.15, 0.2) is 5.78 Å². The summed E-state index contributed by atoms with van der Waals surface area (Å²) >= 11 is 0. The van der Waals surface area contributed by atoms with E-state index >= 15 is 0 Å². The summed E-state index contributed by atoms with van der Waals surface area (Å²) < 4.78 is 21.4. The van der Waals surface area contributed by atoms with Crippen LogP contribution in [0.15, 0.2) is 104 Å². The van der Waals surface area contributed by atoms with Crippen LogP contribution in [0.3, 0.4) is 0 Å². The zero-order valence-corrected chi connectivity index (χ0v) is 24.7. The van der Waals surface area contributed by atoms with E-state index in [1.54, 1.807) is 12.2 Å². The van der Waals surface area contributed by atoms with Crippen molar-refractivity contribution in [2.45, 2.75) is 25.7 Å². The maximum absolute atomic E-state index is 12.7. The van der Waals surface area contributed by atoms with Gasteiger partial charge in [0, 0.05) is 11.6 Å². The van der Waals surface area contributed by atoms with Crippen molar-refractivity contribution < 1.29 is 38.4 Å². The third-order valence-corrected chi connectivity index (χ3v) is 6.40. The van der Waals surface area contributed by atoms with E-state index in [4.69, 9.17) is 24.1 Å². The molecule has 3 aromatic carbocycles. The van der Waals surface area contributed by atoms with Crippen molar-refractivity contribution in [3.8, 4) is 22.6 Å². The number of hydrogen-bond donors (Lipinski definition) is 1. The van der Waals surface area contributed by atoms with Crippen LogP contribution in [0.1, 0.15) is 41.6 Å². The van der Waals surface area contributed by atoms with Crippen LogP contribution in [0.4, 0.5) is 0 Å². The number of benzene rings is 3. The molecule has 0 heterocycles. The minimum atomic E-state index is -0.586. The predicted octanol–water partition coefficient (Wildman–Crippen LogP) is 6.39. The second kappa shape index (κ2) is 18.6. The molecule has 0 amide bonds. The Morgan fingerprint density at radius 1 is 0.682 bits per heavy atom. The predicted molar refractivity (Wildman–Crippen MR) is 169 cm³/mol. The van der Waals surface area contributed by atoms with Crippen molar-refractivity contribution in [3.63, 3.8) is 0 Å². The second-order valence-electron chi connectivity index (χ2n) is 9.75. The number of ketones is 1. The Bertz CT molecular complexity index is 1400. The summed E-state index contributed by atoms with van der Waals surface area (Å²) in [5.41, 5.74) is 3.51. The summed E-state index contributed by atoms with van der Waals surface area (Å²) in [5, 5.41) is 8.85. The minimum Gasteiger partial charge on any atom is -0.494 e. The topological polar surface area (TPSA) is 108 Å². The van der Waals surface area contributed by atoms with Crippen molar-refractivity contribution in [3.05, 3.63) is 115 Å². The van der Waals surface area contributed by atoms with Gasteiger partial charge in [-0.3, -0.25) is 4.79 Å². The summed E-state index contributed by atoms with van der Waals surface area (Å²) in [6.07, 6.45) is 7.28. The van der Waals surface area contributed by atoms with Crippen LogP contribution in [-0.4, -0.2) is 55.9 Å². The Balaban J connectivity index is 1.38. The van der Waals surface area contributed by atoms with Crippen molar-refractivity contribution >= 4 is 23.8 Å². The van der Waals surface area contributed by atoms with Gasteiger partial charge >= 0.3 is 11.9 Å². The maximum atomic E-state index is 12.7. The highest BCUT2D eigenvalue weighted by molar-refractivity contribution is 6.07. The van der Waals surface area contributed by atoms with Crippen LogP contribution in [-0.2, 0) is 19.1 Å². The van der Waals surface area contributed by atoms with Gasteiger partial charge in [-0.05, 0) is 72.7 Å². The van der Waals surface area contributed by atoms with Gasteiger partial charge in [-0.25, -0.2) is 9.59 Å². The van der Waals surface area contributed by atoms with Crippen molar-refractivity contribution in [1.82, 2.24) is 0 Å². The first-order valence-electron chi connectivity index (χ1n) is 14.4. The molecule has 0 aliphatic carbocycles. The summed E-state index contributed by atoms with van der Waals surface area (Å²) in [6.45, 7) is 7.96. The van der Waals surface area contributed by atoms with Crippen LogP contribution in [0.25, 0.3) is 17.2 Å². The first-order chi connectivity index (χ1) is 21.4. The SMILES string of the molecule is C=CC(=O)OCCCCOc1ccc(-c2ccc(C(=O)/C=C/c3ccc(OCCCCOC(=O)C(=C)CO)cc3)cc2)cc1. The molecule has 3 rings (SSSR count). The van der Waals surface area contributed by atoms with Gasteiger partial charge in [-0.1, -0.05) is 67.8 Å². The molecule has 44 heavy (non-hydrogen) atoms. The normalized spacial score (nSPS) is 10.7. The Labute approximate surface area is 258 Å². The number of carbonyl (C=O) groups is 3. The monoisotopic (exact) mass is 598 g/mol. The fourth-order valence-electron chi connectivity index (χ4n) is 3.87. The third kappa shape index (κ3) is 11.7. The van der Waals surface area contributed by atoms with Gasteiger partial charge in [-0.15, -0.1) is 0 Å². The fourth-order valence-corrected chi connectivity index (χ4v) is 3.87. The van der Waals surface area contributed by atoms with Crippen LogP contribution < -0.4 is 9.47 Å². The molecule has 0 radical (unpaired) electrons. The molecule has 0 bridgehead atoms. The highest BCUT2D eigenvalue weighted by Crippen LogP contribution is 2.23. The van der Waals surface area contributed by atoms with E-state index in [1.165, 1.54) is 0 Å². The molecule has 230 valence electrons. The number of aliphatic hydroxyl groups excluding tert-OH is 1. The number of esters is 2. The van der Waals surface area contributed by atoms with Crippen LogP contribution >= 0.6 is 0 Å². The van der Waals surface area contributed by atoms with Gasteiger partial charge in [-0.2, -0.15) is 0 Å². The molecule has 0 saturated heterocycles. The molecular formula is C36H38O8. The summed E-state index contributed by atoms with van der Waals surface area (Å²) in [5.74, 6) is 0.370. The number of hydrogen-bond acceptors (Lipinski definition) is 8. The molecule has 8 heteroatoms. The number of ether oxygens (including phenoxy) is 4. The summed E-state index contributed by atoms with van der Waals surface area (Å²) in [6, 6.07) is 22.6. The van der Waals surface area contributed by atoms with E-state index in [2.05, 4.69) is 13.2 Å². The van der Waals surface area contributed by atoms with Gasteiger partial charge in [0.05, 0.1) is 38.6 Å². The molecule has 0 fully saturated rings. The molecule has 0 atom stereocenters. The second-order valence-corrected chi connectivity index (χ2v) is 9.75. The molecule has 3 aromatic rings. The largest absolute Gasteiger partial charge is 0.494 e. The smallest absolute Gasteiger partial charge is 0.335 e. The van der Waals surface area contributed by atoms with E-state index in [0.29, 0.717) is 50.4 Å². The van der Waals surface area contributed by atoms with Crippen LogP contribution in [0.5, 0.6) is 11.5 Å². The maximum Gasteiger partial charge on any atom is 0.335 e. The van der Waals surface area contributed by atoms with Crippen molar-refractivity contribution in [2.24, 2.45) is 0 Å². The Morgan fingerprint density at radius 2 is 1.18 bits per heavy atom. The number of aliphatic hydroxyl groups is 1. The van der Waals surface area contributed by atoms with Gasteiger partial charge in [0.2, 0.25) is 0 Å². The van der Waals surface area contributed by atoms with Gasteiger partial charge < -0.3 is 24.1 Å². The fraction of sp³-hybridized carbons (Fsp3) is 0.250. The lowest BCUT2D eigenvalue weighted by Crippen LogP contribution is -2.11. The summed E-state index contributed by atoms with van der Waals surface area (Å²) in [4.78, 5) is 35.2. The standard InChI is InChI=1S/C36H38O8/c1-3-35(39)43-24-6-4-22-42-33-19-15-30(16-20-33)29-11-13-31(14-12-29)34(38)21-10-28-8-17-32(18-9-28)41-23-5-7-25-44-36(40)27(2)26-37/h3,8-21,37H,1-2,4-7,22-26H2/b21-10+. The Hall–Kier alpha value is -4.95. The number of carbonyl (C=O) groups excluding carboxylic acids is 3. The average Bonchev–Trinajstić information content (AvgIpc) is 3.06. The van der Waals surface area contributed by atoms with Crippen LogP contribution in [0.2, 0.25) is 0 Å². The molecular weight excluding hydrogens is 560 g/mol. The quantitative estimate of drug-likeness (QED) is 0.0732. The van der Waals surface area contributed by atoms with Gasteiger partial charge in [0.25, 0.3) is 0 Å². The highest BCUT2D eigenvalue weighted by Gasteiger charge is 2.07. The number of rotatable bonds is 19. The van der Waals surface area contributed by atoms with Crippen LogP contribution in [0, 0.1) is 0 Å². The highest BCUT2D eigenvalue weighted by atomic mass is 16.5. The lowest BCUT2D eigenvalue weighted by atomic mass is 10.0. The van der Waals surface area contributed by atoms with Gasteiger partial charge in [0.1, 0.15) is 11.5 Å². The Morgan fingerprint density at radius 3 is 1.73 bits per heavy atom. The zero-order valence-electron chi connectivity index (χ0n) is 24.7. The number of allylic oxidation sites excluding steroid dienone is 1. The molecule has 0 aromatic heterocycles. The first-order valence-corrected chi connectivity index (χ1v) is 14.4. The zero-order chi connectivity index (χ0) is 31.6. The molecule has 8 nitrogen and oxygen atoms in total. The third-order valence-electron chi connectivity index (χ3n) is 6.40. The lowest BCUT2D eigenvalue weighted by Gasteiger charge is -2.08. The molecule has 0 spiro atoms. The van der Waals surface area contributed by atoms with E-state index < -0.39 is 18.5 Å². The first kappa shape index (κ1) is 33.6.